The van der Waals surface area contributed by atoms with E-state index in [0.717, 1.165) is 36.8 Å². The molecule has 2 aromatic rings. The predicted octanol–water partition coefficient (Wildman–Crippen LogP) is 2.29. The molecule has 1 atom stereocenters. The van der Waals surface area contributed by atoms with Gasteiger partial charge in [0, 0.05) is 32.4 Å². The summed E-state index contributed by atoms with van der Waals surface area (Å²) < 4.78 is 0. The van der Waals surface area contributed by atoms with E-state index in [0.29, 0.717) is 6.04 Å². The van der Waals surface area contributed by atoms with Crippen molar-refractivity contribution in [1.82, 2.24) is 19.9 Å². The molecule has 0 saturated carbocycles. The maximum absolute atomic E-state index is 4.66. The lowest BCUT2D eigenvalue weighted by molar-refractivity contribution is 0.244. The number of aromatic nitrogens is 3. The molecule has 116 valence electrons. The molecule has 1 unspecified atom stereocenters. The second-order valence-electron chi connectivity index (χ2n) is 5.47. The van der Waals surface area contributed by atoms with Crippen molar-refractivity contribution in [2.24, 2.45) is 0 Å². The number of nitrogens with zero attached hydrogens (tertiary/aromatic N) is 4. The maximum atomic E-state index is 4.66. The fourth-order valence-corrected chi connectivity index (χ4v) is 3.02. The zero-order chi connectivity index (χ0) is 15.4. The van der Waals surface area contributed by atoms with Gasteiger partial charge in [0.25, 0.3) is 0 Å². The summed E-state index contributed by atoms with van der Waals surface area (Å²) in [6.45, 7) is 1.95. The van der Waals surface area contributed by atoms with E-state index < -0.39 is 0 Å². The SMILES string of the molecule is CNc1cncc(C2CCCN2Cc2cccnc2NC)n1. The molecule has 6 heteroatoms. The van der Waals surface area contributed by atoms with Crippen molar-refractivity contribution in [3.8, 4) is 0 Å². The molecule has 2 N–H and O–H groups in total. The van der Waals surface area contributed by atoms with Gasteiger partial charge in [0.05, 0.1) is 24.1 Å². The highest BCUT2D eigenvalue weighted by Gasteiger charge is 2.28. The van der Waals surface area contributed by atoms with Gasteiger partial charge < -0.3 is 10.6 Å². The number of rotatable bonds is 5. The quantitative estimate of drug-likeness (QED) is 0.883. The third-order valence-electron chi connectivity index (χ3n) is 4.12. The molecule has 0 bridgehead atoms. The minimum Gasteiger partial charge on any atom is -0.373 e. The first-order valence-electron chi connectivity index (χ1n) is 7.67. The van der Waals surface area contributed by atoms with Crippen LogP contribution in [0.2, 0.25) is 0 Å². The van der Waals surface area contributed by atoms with Crippen molar-refractivity contribution in [2.75, 3.05) is 31.3 Å². The van der Waals surface area contributed by atoms with Crippen molar-refractivity contribution in [3.63, 3.8) is 0 Å². The molecule has 1 aliphatic rings. The van der Waals surface area contributed by atoms with Crippen LogP contribution in [0.1, 0.15) is 30.1 Å². The molecule has 1 aliphatic heterocycles. The van der Waals surface area contributed by atoms with E-state index in [4.69, 9.17) is 0 Å². The number of nitrogens with one attached hydrogen (secondary N) is 2. The van der Waals surface area contributed by atoms with Gasteiger partial charge in [-0.15, -0.1) is 0 Å². The molecule has 3 heterocycles. The number of anilines is 2. The minimum atomic E-state index is 0.325. The fraction of sp³-hybridized carbons (Fsp3) is 0.438. The first-order chi connectivity index (χ1) is 10.8. The van der Waals surface area contributed by atoms with Crippen LogP contribution in [0.3, 0.4) is 0 Å². The van der Waals surface area contributed by atoms with Crippen LogP contribution < -0.4 is 10.6 Å². The van der Waals surface area contributed by atoms with E-state index in [-0.39, 0.29) is 0 Å². The van der Waals surface area contributed by atoms with Gasteiger partial charge in [0.2, 0.25) is 0 Å². The Hall–Kier alpha value is -2.21. The smallest absolute Gasteiger partial charge is 0.144 e. The van der Waals surface area contributed by atoms with Crippen LogP contribution >= 0.6 is 0 Å². The van der Waals surface area contributed by atoms with Crippen LogP contribution in [0.5, 0.6) is 0 Å². The Kier molecular flexibility index (Phi) is 4.48. The second-order valence-corrected chi connectivity index (χ2v) is 5.47. The van der Waals surface area contributed by atoms with Crippen LogP contribution in [0.25, 0.3) is 0 Å². The molecule has 2 aromatic heterocycles. The number of hydrogen-bond acceptors (Lipinski definition) is 6. The van der Waals surface area contributed by atoms with E-state index in [9.17, 15) is 0 Å². The molecule has 0 spiro atoms. The zero-order valence-corrected chi connectivity index (χ0v) is 13.1. The van der Waals surface area contributed by atoms with Gasteiger partial charge in [0.15, 0.2) is 0 Å². The summed E-state index contributed by atoms with van der Waals surface area (Å²) in [4.78, 5) is 15.8. The van der Waals surface area contributed by atoms with Gasteiger partial charge in [0.1, 0.15) is 11.6 Å². The van der Waals surface area contributed by atoms with Crippen LogP contribution in [0.4, 0.5) is 11.6 Å². The Balaban J connectivity index is 1.81. The Morgan fingerprint density at radius 3 is 3.00 bits per heavy atom. The molecule has 0 radical (unpaired) electrons. The van der Waals surface area contributed by atoms with E-state index in [1.807, 2.05) is 32.6 Å². The normalized spacial score (nSPS) is 18.4. The first kappa shape index (κ1) is 14.7. The van der Waals surface area contributed by atoms with Crippen molar-refractivity contribution in [1.29, 1.82) is 0 Å². The number of likely N-dealkylation sites (tertiary alicyclic amines) is 1. The summed E-state index contributed by atoms with van der Waals surface area (Å²) in [7, 11) is 3.78. The molecule has 6 nitrogen and oxygen atoms in total. The minimum absolute atomic E-state index is 0.325. The van der Waals surface area contributed by atoms with Gasteiger partial charge >= 0.3 is 0 Å². The Labute approximate surface area is 131 Å². The average molecular weight is 298 g/mol. The van der Waals surface area contributed by atoms with Gasteiger partial charge in [-0.3, -0.25) is 9.88 Å². The Morgan fingerprint density at radius 2 is 2.18 bits per heavy atom. The van der Waals surface area contributed by atoms with Crippen molar-refractivity contribution in [3.05, 3.63) is 42.0 Å². The lowest BCUT2D eigenvalue weighted by Gasteiger charge is -2.24. The average Bonchev–Trinajstić information content (AvgIpc) is 3.03. The number of pyridine rings is 1. The third kappa shape index (κ3) is 3.01. The summed E-state index contributed by atoms with van der Waals surface area (Å²) in [6, 6.07) is 4.44. The summed E-state index contributed by atoms with van der Waals surface area (Å²) in [5.41, 5.74) is 2.26. The summed E-state index contributed by atoms with van der Waals surface area (Å²) >= 11 is 0. The molecular weight excluding hydrogens is 276 g/mol. The molecule has 0 amide bonds. The van der Waals surface area contributed by atoms with E-state index in [1.54, 1.807) is 6.20 Å². The van der Waals surface area contributed by atoms with Crippen molar-refractivity contribution >= 4 is 11.6 Å². The van der Waals surface area contributed by atoms with Gasteiger partial charge in [-0.05, 0) is 25.5 Å². The van der Waals surface area contributed by atoms with Crippen molar-refractivity contribution in [2.45, 2.75) is 25.4 Å². The van der Waals surface area contributed by atoms with Crippen LogP contribution in [0, 0.1) is 0 Å². The summed E-state index contributed by atoms with van der Waals surface area (Å²) in [5, 5.41) is 6.23. The largest absolute Gasteiger partial charge is 0.373 e. The Bertz CT molecular complexity index is 630. The summed E-state index contributed by atoms with van der Waals surface area (Å²) in [5.74, 6) is 1.77. The van der Waals surface area contributed by atoms with E-state index >= 15 is 0 Å². The number of hydrogen-bond donors (Lipinski definition) is 2. The van der Waals surface area contributed by atoms with E-state index in [1.165, 1.54) is 12.0 Å². The van der Waals surface area contributed by atoms with Crippen LogP contribution in [0.15, 0.2) is 30.7 Å². The molecule has 0 aromatic carbocycles. The molecular formula is C16H22N6. The maximum Gasteiger partial charge on any atom is 0.144 e. The van der Waals surface area contributed by atoms with Gasteiger partial charge in [-0.1, -0.05) is 6.07 Å². The van der Waals surface area contributed by atoms with Gasteiger partial charge in [-0.25, -0.2) is 9.97 Å². The fourth-order valence-electron chi connectivity index (χ4n) is 3.02. The predicted molar refractivity (Wildman–Crippen MR) is 87.7 cm³/mol. The van der Waals surface area contributed by atoms with Gasteiger partial charge in [-0.2, -0.15) is 0 Å². The van der Waals surface area contributed by atoms with Crippen LogP contribution in [-0.2, 0) is 6.54 Å². The lowest BCUT2D eigenvalue weighted by Crippen LogP contribution is -2.24. The Morgan fingerprint density at radius 1 is 1.27 bits per heavy atom. The molecule has 3 rings (SSSR count). The molecule has 0 aliphatic carbocycles. The second kappa shape index (κ2) is 6.70. The highest BCUT2D eigenvalue weighted by atomic mass is 15.2. The first-order valence-corrected chi connectivity index (χ1v) is 7.67. The monoisotopic (exact) mass is 298 g/mol. The third-order valence-corrected chi connectivity index (χ3v) is 4.12. The molecule has 1 fully saturated rings. The van der Waals surface area contributed by atoms with E-state index in [2.05, 4.69) is 36.6 Å². The van der Waals surface area contributed by atoms with Crippen molar-refractivity contribution < 1.29 is 0 Å². The lowest BCUT2D eigenvalue weighted by atomic mass is 10.1. The standard InChI is InChI=1S/C16H22N6/c1-17-15-10-19-9-13(21-15)14-6-4-8-22(14)11-12-5-3-7-20-16(12)18-2/h3,5,7,9-10,14H,4,6,8,11H2,1-2H3,(H,17,21)(H,18,20). The molecule has 22 heavy (non-hydrogen) atoms. The topological polar surface area (TPSA) is 66.0 Å². The summed E-state index contributed by atoms with van der Waals surface area (Å²) in [6.07, 6.45) is 7.76. The van der Waals surface area contributed by atoms with Crippen LogP contribution in [-0.4, -0.2) is 40.5 Å². The zero-order valence-electron chi connectivity index (χ0n) is 13.1. The highest BCUT2D eigenvalue weighted by Crippen LogP contribution is 2.33. The molecule has 1 saturated heterocycles. The highest BCUT2D eigenvalue weighted by molar-refractivity contribution is 5.43.